The first-order valence-corrected chi connectivity index (χ1v) is 7.76. The first kappa shape index (κ1) is 14.6. The monoisotopic (exact) mass is 294 g/mol. The predicted molar refractivity (Wildman–Crippen MR) is 90.3 cm³/mol. The van der Waals surface area contributed by atoms with Gasteiger partial charge in [0.1, 0.15) is 0 Å². The van der Waals surface area contributed by atoms with E-state index >= 15 is 0 Å². The van der Waals surface area contributed by atoms with Crippen LogP contribution in [0.25, 0.3) is 0 Å². The predicted octanol–water partition coefficient (Wildman–Crippen LogP) is 3.22. The third-order valence-electron chi connectivity index (χ3n) is 4.27. The van der Waals surface area contributed by atoms with Gasteiger partial charge in [0.15, 0.2) is 0 Å². The lowest BCUT2D eigenvalue weighted by molar-refractivity contribution is 0.0827. The average molecular weight is 294 g/mol. The molecule has 3 rings (SSSR count). The van der Waals surface area contributed by atoms with Gasteiger partial charge < -0.3 is 10.2 Å². The number of nitrogens with one attached hydrogen (secondary N) is 1. The number of carbonyl (C=O) groups excluding carboxylic acids is 1. The van der Waals surface area contributed by atoms with E-state index in [1.54, 1.807) is 19.0 Å². The molecular formula is C19H22N2O. The normalized spacial score (nSPS) is 13.7. The third-order valence-corrected chi connectivity index (χ3v) is 4.27. The van der Waals surface area contributed by atoms with Crippen molar-refractivity contribution in [2.24, 2.45) is 5.92 Å². The van der Waals surface area contributed by atoms with Gasteiger partial charge in [0.05, 0.1) is 0 Å². The zero-order valence-electron chi connectivity index (χ0n) is 13.2. The first-order chi connectivity index (χ1) is 10.6. The van der Waals surface area contributed by atoms with Gasteiger partial charge in [0, 0.05) is 31.9 Å². The summed E-state index contributed by atoms with van der Waals surface area (Å²) in [6, 6.07) is 16.4. The Morgan fingerprint density at radius 2 is 1.64 bits per heavy atom. The summed E-state index contributed by atoms with van der Waals surface area (Å²) in [5, 5.41) is 3.49. The summed E-state index contributed by atoms with van der Waals surface area (Å²) in [4.78, 5) is 13.4. The molecule has 1 aliphatic rings. The molecule has 0 heterocycles. The molecular weight excluding hydrogens is 272 g/mol. The number of amides is 1. The summed E-state index contributed by atoms with van der Waals surface area (Å²) in [7, 11) is 3.54. The van der Waals surface area contributed by atoms with E-state index in [1.165, 1.54) is 11.1 Å². The minimum absolute atomic E-state index is 0.0396. The molecule has 0 fully saturated rings. The lowest BCUT2D eigenvalue weighted by Gasteiger charge is -2.13. The standard InChI is InChI=1S/C19H22N2O/c1-21(2)19(22)15-7-9-18(10-8-15)20-13-14-11-16-5-3-4-6-17(16)12-14/h3-10,14,20H,11-13H2,1-2H3. The highest BCUT2D eigenvalue weighted by molar-refractivity contribution is 5.94. The second-order valence-electron chi connectivity index (χ2n) is 6.20. The van der Waals surface area contributed by atoms with Gasteiger partial charge in [0.25, 0.3) is 5.91 Å². The van der Waals surface area contributed by atoms with Crippen LogP contribution in [0.2, 0.25) is 0 Å². The maximum atomic E-state index is 11.9. The minimum Gasteiger partial charge on any atom is -0.385 e. The van der Waals surface area contributed by atoms with Gasteiger partial charge in [-0.15, -0.1) is 0 Å². The zero-order chi connectivity index (χ0) is 15.5. The smallest absolute Gasteiger partial charge is 0.253 e. The van der Waals surface area contributed by atoms with Crippen molar-refractivity contribution in [2.75, 3.05) is 26.0 Å². The van der Waals surface area contributed by atoms with Crippen LogP contribution in [-0.2, 0) is 12.8 Å². The molecule has 2 aromatic carbocycles. The summed E-state index contributed by atoms with van der Waals surface area (Å²) in [6.07, 6.45) is 2.31. The van der Waals surface area contributed by atoms with Gasteiger partial charge in [-0.05, 0) is 54.2 Å². The summed E-state index contributed by atoms with van der Waals surface area (Å²) in [6.45, 7) is 0.968. The van der Waals surface area contributed by atoms with Crippen molar-refractivity contribution in [3.05, 3.63) is 65.2 Å². The van der Waals surface area contributed by atoms with E-state index in [-0.39, 0.29) is 5.91 Å². The van der Waals surface area contributed by atoms with Crippen LogP contribution in [0.5, 0.6) is 0 Å². The molecule has 114 valence electrons. The second kappa shape index (κ2) is 6.22. The van der Waals surface area contributed by atoms with Gasteiger partial charge in [-0.25, -0.2) is 0 Å². The maximum Gasteiger partial charge on any atom is 0.253 e. The van der Waals surface area contributed by atoms with Crippen LogP contribution in [0.1, 0.15) is 21.5 Å². The number of rotatable bonds is 4. The topological polar surface area (TPSA) is 32.3 Å². The van der Waals surface area contributed by atoms with Crippen molar-refractivity contribution in [3.8, 4) is 0 Å². The lowest BCUT2D eigenvalue weighted by Crippen LogP contribution is -2.21. The molecule has 0 saturated heterocycles. The maximum absolute atomic E-state index is 11.9. The van der Waals surface area contributed by atoms with E-state index in [4.69, 9.17) is 0 Å². The lowest BCUT2D eigenvalue weighted by atomic mass is 10.1. The van der Waals surface area contributed by atoms with Crippen molar-refractivity contribution >= 4 is 11.6 Å². The largest absolute Gasteiger partial charge is 0.385 e. The number of hydrogen-bond acceptors (Lipinski definition) is 2. The Bertz CT molecular complexity index is 636. The molecule has 0 bridgehead atoms. The van der Waals surface area contributed by atoms with E-state index in [9.17, 15) is 4.79 Å². The molecule has 1 N–H and O–H groups in total. The number of benzene rings is 2. The number of nitrogens with zero attached hydrogens (tertiary/aromatic N) is 1. The Morgan fingerprint density at radius 1 is 1.05 bits per heavy atom. The number of carbonyl (C=O) groups is 1. The number of fused-ring (bicyclic) bond motifs is 1. The summed E-state index contributed by atoms with van der Waals surface area (Å²) < 4.78 is 0. The molecule has 0 saturated carbocycles. The van der Waals surface area contributed by atoms with Crippen LogP contribution in [-0.4, -0.2) is 31.4 Å². The van der Waals surface area contributed by atoms with Crippen LogP contribution in [0.4, 0.5) is 5.69 Å². The highest BCUT2D eigenvalue weighted by atomic mass is 16.2. The molecule has 0 radical (unpaired) electrons. The van der Waals surface area contributed by atoms with Crippen molar-refractivity contribution in [1.29, 1.82) is 0 Å². The van der Waals surface area contributed by atoms with Gasteiger partial charge in [-0.1, -0.05) is 24.3 Å². The quantitative estimate of drug-likeness (QED) is 0.939. The van der Waals surface area contributed by atoms with Crippen molar-refractivity contribution in [3.63, 3.8) is 0 Å². The second-order valence-corrected chi connectivity index (χ2v) is 6.20. The van der Waals surface area contributed by atoms with E-state index in [1.807, 2.05) is 24.3 Å². The SMILES string of the molecule is CN(C)C(=O)c1ccc(NCC2Cc3ccccc3C2)cc1. The third kappa shape index (κ3) is 3.14. The van der Waals surface area contributed by atoms with Crippen LogP contribution in [0.3, 0.4) is 0 Å². The minimum atomic E-state index is 0.0396. The number of hydrogen-bond donors (Lipinski definition) is 1. The van der Waals surface area contributed by atoms with Crippen LogP contribution in [0, 0.1) is 5.92 Å². The first-order valence-electron chi connectivity index (χ1n) is 7.76. The zero-order valence-corrected chi connectivity index (χ0v) is 13.2. The fourth-order valence-electron chi connectivity index (χ4n) is 3.05. The molecule has 0 aliphatic heterocycles. The molecule has 0 spiro atoms. The molecule has 0 aromatic heterocycles. The molecule has 0 atom stereocenters. The van der Waals surface area contributed by atoms with E-state index < -0.39 is 0 Å². The Hall–Kier alpha value is -2.29. The molecule has 3 nitrogen and oxygen atoms in total. The van der Waals surface area contributed by atoms with E-state index in [0.717, 1.165) is 30.6 Å². The number of anilines is 1. The Kier molecular flexibility index (Phi) is 4.14. The van der Waals surface area contributed by atoms with Crippen molar-refractivity contribution < 1.29 is 4.79 Å². The highest BCUT2D eigenvalue weighted by Gasteiger charge is 2.20. The molecule has 3 heteroatoms. The summed E-state index contributed by atoms with van der Waals surface area (Å²) in [5.74, 6) is 0.693. The van der Waals surface area contributed by atoms with Crippen LogP contribution >= 0.6 is 0 Å². The molecule has 1 amide bonds. The Balaban J connectivity index is 1.56. The van der Waals surface area contributed by atoms with Crippen molar-refractivity contribution in [2.45, 2.75) is 12.8 Å². The van der Waals surface area contributed by atoms with Crippen LogP contribution in [0.15, 0.2) is 48.5 Å². The fraction of sp³-hybridized carbons (Fsp3) is 0.316. The Labute approximate surface area is 132 Å². The highest BCUT2D eigenvalue weighted by Crippen LogP contribution is 2.26. The molecule has 0 unspecified atom stereocenters. The Morgan fingerprint density at radius 3 is 2.18 bits per heavy atom. The molecule has 22 heavy (non-hydrogen) atoms. The van der Waals surface area contributed by atoms with Gasteiger partial charge in [-0.2, -0.15) is 0 Å². The van der Waals surface area contributed by atoms with Gasteiger partial charge in [-0.3, -0.25) is 4.79 Å². The van der Waals surface area contributed by atoms with E-state index in [0.29, 0.717) is 5.92 Å². The van der Waals surface area contributed by atoms with E-state index in [2.05, 4.69) is 29.6 Å². The fourth-order valence-corrected chi connectivity index (χ4v) is 3.05. The average Bonchev–Trinajstić information content (AvgIpc) is 2.95. The van der Waals surface area contributed by atoms with Gasteiger partial charge in [0.2, 0.25) is 0 Å². The summed E-state index contributed by atoms with van der Waals surface area (Å²) >= 11 is 0. The molecule has 2 aromatic rings. The van der Waals surface area contributed by atoms with Crippen LogP contribution < -0.4 is 5.32 Å². The van der Waals surface area contributed by atoms with Gasteiger partial charge >= 0.3 is 0 Å². The molecule has 1 aliphatic carbocycles. The van der Waals surface area contributed by atoms with Crippen molar-refractivity contribution in [1.82, 2.24) is 4.90 Å². The summed E-state index contributed by atoms with van der Waals surface area (Å²) in [5.41, 5.74) is 4.78.